The molecule has 0 spiro atoms. The van der Waals surface area contributed by atoms with Gasteiger partial charge in [0, 0.05) is 16.9 Å². The van der Waals surface area contributed by atoms with Gasteiger partial charge >= 0.3 is 0 Å². The average Bonchev–Trinajstić information content (AvgIpc) is 2.13. The number of carbonyl (C=O) groups is 1. The van der Waals surface area contributed by atoms with Gasteiger partial charge in [0.2, 0.25) is 0 Å². The van der Waals surface area contributed by atoms with Crippen molar-refractivity contribution in [3.8, 4) is 0 Å². The molecule has 3 nitrogen and oxygen atoms in total. The van der Waals surface area contributed by atoms with Gasteiger partial charge in [-0.1, -0.05) is 41.5 Å². The van der Waals surface area contributed by atoms with Gasteiger partial charge in [0.15, 0.2) is 11.2 Å². The van der Waals surface area contributed by atoms with Crippen LogP contribution in [0.15, 0.2) is 21.5 Å². The molecule has 17 heavy (non-hydrogen) atoms. The van der Waals surface area contributed by atoms with Gasteiger partial charge < -0.3 is 4.42 Å². The summed E-state index contributed by atoms with van der Waals surface area (Å²) in [5, 5.41) is 0. The van der Waals surface area contributed by atoms with Crippen LogP contribution in [-0.2, 0) is 5.41 Å². The quantitative estimate of drug-likeness (QED) is 0.704. The number of Topliss-reactive ketones (excluding diaryl/α,β-unsaturated/α-hetero) is 1. The third kappa shape index (κ3) is 2.84. The molecular formula is C14H20O3. The summed E-state index contributed by atoms with van der Waals surface area (Å²) in [5.41, 5.74) is -1.03. The van der Waals surface area contributed by atoms with Crippen LogP contribution in [0.25, 0.3) is 0 Å². The predicted molar refractivity (Wildman–Crippen MR) is 67.5 cm³/mol. The summed E-state index contributed by atoms with van der Waals surface area (Å²) in [6, 6.07) is 1.30. The van der Waals surface area contributed by atoms with Gasteiger partial charge in [0.25, 0.3) is 0 Å². The number of carbonyl (C=O) groups excluding carboxylic acids is 1. The summed E-state index contributed by atoms with van der Waals surface area (Å²) < 4.78 is 5.40. The van der Waals surface area contributed by atoms with E-state index in [0.29, 0.717) is 5.76 Å². The molecule has 0 unspecified atom stereocenters. The van der Waals surface area contributed by atoms with Crippen LogP contribution >= 0.6 is 0 Å². The van der Waals surface area contributed by atoms with E-state index in [0.717, 1.165) is 0 Å². The molecule has 0 aliphatic carbocycles. The van der Waals surface area contributed by atoms with Gasteiger partial charge in [0.05, 0.1) is 6.26 Å². The fraction of sp³-hybridized carbons (Fsp3) is 0.571. The van der Waals surface area contributed by atoms with E-state index in [1.807, 2.05) is 20.8 Å². The highest BCUT2D eigenvalue weighted by atomic mass is 16.3. The largest absolute Gasteiger partial charge is 0.468 e. The highest BCUT2D eigenvalue weighted by Crippen LogP contribution is 2.28. The fourth-order valence-corrected chi connectivity index (χ4v) is 1.56. The van der Waals surface area contributed by atoms with Gasteiger partial charge in [0.1, 0.15) is 11.3 Å². The Morgan fingerprint density at radius 1 is 1.12 bits per heavy atom. The zero-order valence-corrected chi connectivity index (χ0v) is 11.4. The molecule has 0 aliphatic rings. The lowest BCUT2D eigenvalue weighted by atomic mass is 9.81. The number of hydrogen-bond donors (Lipinski definition) is 0. The van der Waals surface area contributed by atoms with Crippen molar-refractivity contribution in [2.45, 2.75) is 47.0 Å². The van der Waals surface area contributed by atoms with Crippen molar-refractivity contribution >= 4 is 5.78 Å². The Kier molecular flexibility index (Phi) is 3.33. The van der Waals surface area contributed by atoms with E-state index < -0.39 is 5.41 Å². The van der Waals surface area contributed by atoms with Crippen LogP contribution in [0.4, 0.5) is 0 Å². The van der Waals surface area contributed by atoms with E-state index in [1.165, 1.54) is 12.3 Å². The Morgan fingerprint density at radius 3 is 2.06 bits per heavy atom. The standard InChI is InChI=1S/C14H20O3/c1-13(2,3)11(16)10-9(15)7-8-17-12(10)14(4,5)6/h7-8H,1-6H3. The van der Waals surface area contributed by atoms with Crippen molar-refractivity contribution in [1.29, 1.82) is 0 Å². The minimum Gasteiger partial charge on any atom is -0.468 e. The molecule has 0 aromatic carbocycles. The summed E-state index contributed by atoms with van der Waals surface area (Å²) in [6.07, 6.45) is 1.35. The third-order valence-corrected chi connectivity index (χ3v) is 2.47. The molecule has 0 saturated heterocycles. The monoisotopic (exact) mass is 236 g/mol. The highest BCUT2D eigenvalue weighted by Gasteiger charge is 2.32. The molecule has 0 radical (unpaired) electrons. The van der Waals surface area contributed by atoms with E-state index in [2.05, 4.69) is 0 Å². The lowest BCUT2D eigenvalue weighted by Gasteiger charge is -2.23. The van der Waals surface area contributed by atoms with Crippen molar-refractivity contribution in [3.05, 3.63) is 33.9 Å². The lowest BCUT2D eigenvalue weighted by Crippen LogP contribution is -2.30. The predicted octanol–water partition coefficient (Wildman–Crippen LogP) is 3.17. The molecule has 0 N–H and O–H groups in total. The maximum absolute atomic E-state index is 12.3. The Bertz CT molecular complexity index is 481. The van der Waals surface area contributed by atoms with Crippen LogP contribution in [0, 0.1) is 5.41 Å². The van der Waals surface area contributed by atoms with Gasteiger partial charge in [-0.3, -0.25) is 9.59 Å². The first kappa shape index (κ1) is 13.7. The first-order valence-corrected chi connectivity index (χ1v) is 5.72. The zero-order valence-electron chi connectivity index (χ0n) is 11.4. The number of ketones is 1. The maximum Gasteiger partial charge on any atom is 0.195 e. The van der Waals surface area contributed by atoms with E-state index >= 15 is 0 Å². The molecule has 0 amide bonds. The molecule has 1 rings (SSSR count). The second kappa shape index (κ2) is 4.13. The summed E-state index contributed by atoms with van der Waals surface area (Å²) in [7, 11) is 0. The van der Waals surface area contributed by atoms with E-state index in [9.17, 15) is 9.59 Å². The zero-order chi connectivity index (χ0) is 13.4. The molecule has 3 heteroatoms. The van der Waals surface area contributed by atoms with Crippen molar-refractivity contribution in [3.63, 3.8) is 0 Å². The summed E-state index contributed by atoms with van der Waals surface area (Å²) in [4.78, 5) is 24.2. The van der Waals surface area contributed by atoms with Gasteiger partial charge in [-0.25, -0.2) is 0 Å². The molecule has 1 heterocycles. The van der Waals surface area contributed by atoms with Crippen LogP contribution in [-0.4, -0.2) is 5.78 Å². The van der Waals surface area contributed by atoms with Crippen molar-refractivity contribution in [2.24, 2.45) is 5.41 Å². The van der Waals surface area contributed by atoms with Crippen LogP contribution in [0.3, 0.4) is 0 Å². The topological polar surface area (TPSA) is 47.3 Å². The van der Waals surface area contributed by atoms with Crippen molar-refractivity contribution in [1.82, 2.24) is 0 Å². The van der Waals surface area contributed by atoms with E-state index in [-0.39, 0.29) is 22.2 Å². The minimum absolute atomic E-state index is 0.170. The van der Waals surface area contributed by atoms with Crippen molar-refractivity contribution in [2.75, 3.05) is 0 Å². The first-order chi connectivity index (χ1) is 7.55. The number of rotatable bonds is 1. The Labute approximate surface area is 102 Å². The smallest absolute Gasteiger partial charge is 0.195 e. The second-order valence-electron chi connectivity index (χ2n) is 6.32. The van der Waals surface area contributed by atoms with Crippen molar-refractivity contribution < 1.29 is 9.21 Å². The molecule has 0 fully saturated rings. The van der Waals surface area contributed by atoms with Gasteiger partial charge in [-0.15, -0.1) is 0 Å². The molecule has 0 aliphatic heterocycles. The highest BCUT2D eigenvalue weighted by molar-refractivity contribution is 6.00. The maximum atomic E-state index is 12.3. The summed E-state index contributed by atoms with van der Waals surface area (Å²) >= 11 is 0. The van der Waals surface area contributed by atoms with E-state index in [1.54, 1.807) is 20.8 Å². The molecule has 1 aromatic rings. The first-order valence-electron chi connectivity index (χ1n) is 5.72. The van der Waals surface area contributed by atoms with Gasteiger partial charge in [-0.2, -0.15) is 0 Å². The van der Waals surface area contributed by atoms with Crippen LogP contribution in [0.5, 0.6) is 0 Å². The lowest BCUT2D eigenvalue weighted by molar-refractivity contribution is 0.0850. The summed E-state index contributed by atoms with van der Waals surface area (Å²) in [6.45, 7) is 11.2. The Balaban J connectivity index is 3.53. The summed E-state index contributed by atoms with van der Waals surface area (Å²) in [5.74, 6) is 0.293. The van der Waals surface area contributed by atoms with Crippen LogP contribution < -0.4 is 5.43 Å². The fourth-order valence-electron chi connectivity index (χ4n) is 1.56. The molecule has 1 aromatic heterocycles. The molecule has 0 saturated carbocycles. The Hall–Kier alpha value is -1.38. The van der Waals surface area contributed by atoms with Crippen LogP contribution in [0.2, 0.25) is 0 Å². The molecular weight excluding hydrogens is 216 g/mol. The average molecular weight is 236 g/mol. The Morgan fingerprint density at radius 2 is 1.65 bits per heavy atom. The van der Waals surface area contributed by atoms with E-state index in [4.69, 9.17) is 4.42 Å². The SMILES string of the molecule is CC(C)(C)C(=O)c1c(C(C)(C)C)occc1=O. The molecule has 94 valence electrons. The third-order valence-electron chi connectivity index (χ3n) is 2.47. The molecule has 0 atom stereocenters. The van der Waals surface area contributed by atoms with Crippen LogP contribution in [0.1, 0.15) is 57.7 Å². The second-order valence-corrected chi connectivity index (χ2v) is 6.32. The molecule has 0 bridgehead atoms. The number of hydrogen-bond acceptors (Lipinski definition) is 3. The minimum atomic E-state index is -0.587. The van der Waals surface area contributed by atoms with Gasteiger partial charge in [-0.05, 0) is 0 Å². The normalized spacial score (nSPS) is 12.6.